The first-order valence-corrected chi connectivity index (χ1v) is 15.4. The van der Waals surface area contributed by atoms with E-state index in [-0.39, 0.29) is 29.7 Å². The number of ketones is 1. The summed E-state index contributed by atoms with van der Waals surface area (Å²) in [6.45, 7) is 4.12. The maximum atomic E-state index is 12.9. The van der Waals surface area contributed by atoms with E-state index in [1.54, 1.807) is 5.38 Å². The Kier molecular flexibility index (Phi) is 14.0. The number of nitrogens with one attached hydrogen (secondary N) is 4. The molecule has 0 radical (unpaired) electrons. The average Bonchev–Trinajstić information content (AvgIpc) is 3.71. The number of aromatic nitrogens is 1. The molecule has 234 valence electrons. The van der Waals surface area contributed by atoms with Gasteiger partial charge in [-0.2, -0.15) is 0 Å². The summed E-state index contributed by atoms with van der Waals surface area (Å²) >= 11 is 1.15. The minimum absolute atomic E-state index is 0.0586. The van der Waals surface area contributed by atoms with Gasteiger partial charge in [0, 0.05) is 24.0 Å². The predicted molar refractivity (Wildman–Crippen MR) is 167 cm³/mol. The molecule has 3 atom stereocenters. The van der Waals surface area contributed by atoms with Gasteiger partial charge in [-0.05, 0) is 31.7 Å². The minimum Gasteiger partial charge on any atom is -0.445 e. The number of benzene rings is 2. The second kappa shape index (κ2) is 18.2. The molecule has 4 N–H and O–H groups in total. The van der Waals surface area contributed by atoms with Crippen LogP contribution in [0.1, 0.15) is 53.5 Å². The molecule has 44 heavy (non-hydrogen) atoms. The Labute approximate surface area is 261 Å². The first-order chi connectivity index (χ1) is 21.3. The second-order valence-corrected chi connectivity index (χ2v) is 11.1. The Morgan fingerprint density at radius 1 is 1.02 bits per heavy atom. The third-order valence-corrected chi connectivity index (χ3v) is 7.53. The van der Waals surface area contributed by atoms with Crippen molar-refractivity contribution < 1.29 is 28.7 Å². The van der Waals surface area contributed by atoms with Gasteiger partial charge in [-0.25, -0.2) is 9.78 Å². The largest absolute Gasteiger partial charge is 0.445 e. The molecule has 1 fully saturated rings. The highest BCUT2D eigenvalue weighted by Crippen LogP contribution is 2.19. The lowest BCUT2D eigenvalue weighted by Crippen LogP contribution is -2.51. The number of alkyl carbamates (subject to hydrolysis) is 1. The fourth-order valence-electron chi connectivity index (χ4n) is 4.41. The van der Waals surface area contributed by atoms with Crippen LogP contribution in [0.3, 0.4) is 0 Å². The summed E-state index contributed by atoms with van der Waals surface area (Å²) in [5, 5.41) is 12.3. The van der Waals surface area contributed by atoms with Gasteiger partial charge in [-0.3, -0.25) is 19.2 Å². The Morgan fingerprint density at radius 3 is 2.30 bits per heavy atom. The third-order valence-electron chi connectivity index (χ3n) is 6.74. The van der Waals surface area contributed by atoms with Gasteiger partial charge in [-0.15, -0.1) is 11.3 Å². The lowest BCUT2D eigenvalue weighted by atomic mass is 9.96. The molecule has 1 aliphatic rings. The SMILES string of the molecule is CCCC(NC(=O)OCc1ccccc1)C(=O)NCC(=O)NC(CC1CCNC1=O)C(=O)c1nccs1.Cc1ccccc1. The molecule has 4 rings (SSSR count). The van der Waals surface area contributed by atoms with Crippen molar-refractivity contribution in [3.05, 3.63) is 88.4 Å². The molecule has 11 nitrogen and oxygen atoms in total. The van der Waals surface area contributed by atoms with Crippen LogP contribution < -0.4 is 21.3 Å². The van der Waals surface area contributed by atoms with E-state index in [1.807, 2.05) is 55.5 Å². The number of nitrogens with zero attached hydrogens (tertiary/aromatic N) is 1. The molecule has 1 aromatic heterocycles. The molecular weight excluding hydrogens is 582 g/mol. The van der Waals surface area contributed by atoms with Crippen molar-refractivity contribution in [2.75, 3.05) is 13.1 Å². The highest BCUT2D eigenvalue weighted by atomic mass is 32.1. The van der Waals surface area contributed by atoms with Gasteiger partial charge >= 0.3 is 6.09 Å². The summed E-state index contributed by atoms with van der Waals surface area (Å²) in [7, 11) is 0. The Morgan fingerprint density at radius 2 is 1.73 bits per heavy atom. The number of rotatable bonds is 13. The van der Waals surface area contributed by atoms with Gasteiger partial charge in [0.2, 0.25) is 23.5 Å². The van der Waals surface area contributed by atoms with E-state index >= 15 is 0 Å². The number of aryl methyl sites for hydroxylation is 1. The van der Waals surface area contributed by atoms with Gasteiger partial charge in [0.15, 0.2) is 5.01 Å². The van der Waals surface area contributed by atoms with Crippen LogP contribution in [0.15, 0.2) is 72.2 Å². The number of amides is 4. The van der Waals surface area contributed by atoms with Crippen molar-refractivity contribution >= 4 is 40.9 Å². The van der Waals surface area contributed by atoms with Crippen molar-refractivity contribution in [1.29, 1.82) is 0 Å². The summed E-state index contributed by atoms with van der Waals surface area (Å²) < 4.78 is 5.18. The molecule has 4 amide bonds. The van der Waals surface area contributed by atoms with E-state index in [9.17, 15) is 24.0 Å². The lowest BCUT2D eigenvalue weighted by molar-refractivity contribution is -0.127. The van der Waals surface area contributed by atoms with Crippen LogP contribution in [-0.2, 0) is 25.7 Å². The van der Waals surface area contributed by atoms with Crippen LogP contribution in [0.2, 0.25) is 0 Å². The molecule has 3 aromatic rings. The average molecular weight is 622 g/mol. The molecule has 2 heterocycles. The maximum Gasteiger partial charge on any atom is 0.408 e. The number of hydrogen-bond donors (Lipinski definition) is 4. The van der Waals surface area contributed by atoms with Gasteiger partial charge in [0.05, 0.1) is 12.6 Å². The molecule has 1 aliphatic heterocycles. The number of carbonyl (C=O) groups excluding carboxylic acids is 5. The predicted octanol–water partition coefficient (Wildman–Crippen LogP) is 3.54. The molecular formula is C32H39N5O6S. The van der Waals surface area contributed by atoms with E-state index in [1.165, 1.54) is 11.8 Å². The van der Waals surface area contributed by atoms with Crippen molar-refractivity contribution in [2.45, 2.75) is 58.2 Å². The van der Waals surface area contributed by atoms with Crippen LogP contribution in [-0.4, -0.2) is 59.8 Å². The zero-order valence-corrected chi connectivity index (χ0v) is 25.7. The van der Waals surface area contributed by atoms with Gasteiger partial charge in [0.25, 0.3) is 0 Å². The second-order valence-electron chi connectivity index (χ2n) is 10.3. The Balaban J connectivity index is 0.000000662. The van der Waals surface area contributed by atoms with Crippen molar-refractivity contribution in [2.24, 2.45) is 5.92 Å². The Bertz CT molecular complexity index is 1350. The number of ether oxygens (including phenoxy) is 1. The Hall–Kier alpha value is -4.58. The van der Waals surface area contributed by atoms with Crippen molar-refractivity contribution in [1.82, 2.24) is 26.3 Å². The van der Waals surface area contributed by atoms with Crippen molar-refractivity contribution in [3.8, 4) is 0 Å². The standard InChI is InChI=1S/C25H31N5O6S.C7H8/c1-2-6-18(30-25(35)36-15-16-7-4-3-5-8-16)23(34)28-14-20(31)29-19(13-17-9-10-26-22(17)33)21(32)24-27-11-12-37-24;1-7-5-3-2-4-6-7/h3-5,7-8,11-12,17-19H,2,6,9-10,13-15H2,1H3,(H,26,33)(H,28,34)(H,29,31)(H,30,35);2-6H,1H3. The highest BCUT2D eigenvalue weighted by Gasteiger charge is 2.33. The van der Waals surface area contributed by atoms with E-state index in [0.29, 0.717) is 25.8 Å². The first kappa shape index (κ1) is 33.9. The van der Waals surface area contributed by atoms with Gasteiger partial charge < -0.3 is 26.0 Å². The molecule has 0 aliphatic carbocycles. The minimum atomic E-state index is -0.957. The first-order valence-electron chi connectivity index (χ1n) is 14.5. The topological polar surface area (TPSA) is 156 Å². The van der Waals surface area contributed by atoms with Crippen LogP contribution in [0.25, 0.3) is 0 Å². The van der Waals surface area contributed by atoms with Crippen LogP contribution in [0, 0.1) is 12.8 Å². The molecule has 0 spiro atoms. The lowest BCUT2D eigenvalue weighted by Gasteiger charge is -2.20. The summed E-state index contributed by atoms with van der Waals surface area (Å²) in [5.74, 6) is -2.09. The fraction of sp³-hybridized carbons (Fsp3) is 0.375. The summed E-state index contributed by atoms with van der Waals surface area (Å²) in [6.07, 6.45) is 2.40. The zero-order valence-electron chi connectivity index (χ0n) is 24.9. The van der Waals surface area contributed by atoms with Crippen LogP contribution >= 0.6 is 11.3 Å². The molecule has 1 saturated heterocycles. The fourth-order valence-corrected chi connectivity index (χ4v) is 5.05. The number of hydrogen-bond acceptors (Lipinski definition) is 8. The van der Waals surface area contributed by atoms with E-state index in [0.717, 1.165) is 16.9 Å². The zero-order chi connectivity index (χ0) is 31.7. The van der Waals surface area contributed by atoms with Gasteiger partial charge in [0.1, 0.15) is 12.6 Å². The number of carbonyl (C=O) groups is 5. The smallest absolute Gasteiger partial charge is 0.408 e. The van der Waals surface area contributed by atoms with Crippen LogP contribution in [0.5, 0.6) is 0 Å². The van der Waals surface area contributed by atoms with E-state index in [2.05, 4.69) is 45.3 Å². The summed E-state index contributed by atoms with van der Waals surface area (Å²) in [6, 6.07) is 17.5. The molecule has 0 bridgehead atoms. The number of thiazole rings is 1. The summed E-state index contributed by atoms with van der Waals surface area (Å²) in [4.78, 5) is 66.5. The molecule has 3 unspecified atom stereocenters. The van der Waals surface area contributed by atoms with E-state index in [4.69, 9.17) is 4.74 Å². The van der Waals surface area contributed by atoms with Crippen molar-refractivity contribution in [3.63, 3.8) is 0 Å². The monoisotopic (exact) mass is 621 g/mol. The quantitative estimate of drug-likeness (QED) is 0.213. The molecule has 0 saturated carbocycles. The normalized spacial score (nSPS) is 15.0. The van der Waals surface area contributed by atoms with Gasteiger partial charge in [-0.1, -0.05) is 79.6 Å². The van der Waals surface area contributed by atoms with E-state index < -0.39 is 42.5 Å². The third kappa shape index (κ3) is 11.6. The molecule has 2 aromatic carbocycles. The number of Topliss-reactive ketones (excluding diaryl/α,β-unsaturated/α-hetero) is 1. The summed E-state index contributed by atoms with van der Waals surface area (Å²) in [5.41, 5.74) is 2.13. The molecule has 12 heteroatoms. The highest BCUT2D eigenvalue weighted by molar-refractivity contribution is 7.11. The van der Waals surface area contributed by atoms with Crippen LogP contribution in [0.4, 0.5) is 4.79 Å². The maximum absolute atomic E-state index is 12.9.